The molecule has 6 nitrogen and oxygen atoms in total. The zero-order chi connectivity index (χ0) is 15.5. The van der Waals surface area contributed by atoms with Crippen molar-refractivity contribution in [2.24, 2.45) is 0 Å². The molecular formula is C13H16FNO5S. The predicted molar refractivity (Wildman–Crippen MR) is 71.9 cm³/mol. The van der Waals surface area contributed by atoms with Crippen molar-refractivity contribution in [3.05, 3.63) is 29.6 Å². The average molecular weight is 317 g/mol. The summed E-state index contributed by atoms with van der Waals surface area (Å²) in [5.41, 5.74) is -0.196. The van der Waals surface area contributed by atoms with Crippen LogP contribution in [0.25, 0.3) is 0 Å². The Kier molecular flexibility index (Phi) is 4.92. The first-order chi connectivity index (χ1) is 9.94. The van der Waals surface area contributed by atoms with E-state index in [2.05, 4.69) is 9.46 Å². The molecule has 0 aliphatic carbocycles. The maximum absolute atomic E-state index is 13.4. The number of carbonyl (C=O) groups is 1. The van der Waals surface area contributed by atoms with Crippen LogP contribution in [0, 0.1) is 5.82 Å². The third kappa shape index (κ3) is 3.78. The zero-order valence-corrected chi connectivity index (χ0v) is 12.3. The van der Waals surface area contributed by atoms with Gasteiger partial charge < -0.3 is 9.47 Å². The number of nitrogens with one attached hydrogen (secondary N) is 1. The highest BCUT2D eigenvalue weighted by molar-refractivity contribution is 7.89. The topological polar surface area (TPSA) is 81.7 Å². The van der Waals surface area contributed by atoms with E-state index in [0.29, 0.717) is 26.1 Å². The van der Waals surface area contributed by atoms with Gasteiger partial charge in [0.1, 0.15) is 5.82 Å². The van der Waals surface area contributed by atoms with Gasteiger partial charge in [0.2, 0.25) is 10.0 Å². The van der Waals surface area contributed by atoms with Gasteiger partial charge in [0, 0.05) is 19.3 Å². The normalized spacial score (nSPS) is 16.7. The summed E-state index contributed by atoms with van der Waals surface area (Å²) in [4.78, 5) is 11.2. The fourth-order valence-electron chi connectivity index (χ4n) is 2.10. The second-order valence-electron chi connectivity index (χ2n) is 4.64. The van der Waals surface area contributed by atoms with Crippen LogP contribution in [0.4, 0.5) is 4.39 Å². The lowest BCUT2D eigenvalue weighted by Gasteiger charge is -2.23. The zero-order valence-electron chi connectivity index (χ0n) is 11.5. The Morgan fingerprint density at radius 3 is 2.67 bits per heavy atom. The summed E-state index contributed by atoms with van der Waals surface area (Å²) in [6.45, 7) is 0.917. The van der Waals surface area contributed by atoms with E-state index in [4.69, 9.17) is 4.74 Å². The molecule has 1 aromatic rings. The van der Waals surface area contributed by atoms with Crippen molar-refractivity contribution < 1.29 is 27.1 Å². The van der Waals surface area contributed by atoms with E-state index in [0.717, 1.165) is 25.3 Å². The lowest BCUT2D eigenvalue weighted by Crippen LogP contribution is -2.39. The summed E-state index contributed by atoms with van der Waals surface area (Å²) >= 11 is 0. The van der Waals surface area contributed by atoms with Crippen LogP contribution in [-0.4, -0.2) is 40.8 Å². The lowest BCUT2D eigenvalue weighted by molar-refractivity contribution is 0.0596. The molecule has 2 rings (SSSR count). The van der Waals surface area contributed by atoms with Crippen molar-refractivity contribution in [2.75, 3.05) is 20.3 Å². The number of hydrogen-bond acceptors (Lipinski definition) is 5. The summed E-state index contributed by atoms with van der Waals surface area (Å²) in [5.74, 6) is -1.57. The molecule has 1 N–H and O–H groups in total. The molecule has 0 aromatic heterocycles. The molecule has 8 heteroatoms. The first-order valence-electron chi connectivity index (χ1n) is 6.42. The van der Waals surface area contributed by atoms with Gasteiger partial charge in [-0.2, -0.15) is 0 Å². The van der Waals surface area contributed by atoms with Crippen molar-refractivity contribution in [3.63, 3.8) is 0 Å². The Hall–Kier alpha value is -1.51. The molecule has 0 bridgehead atoms. The second kappa shape index (κ2) is 6.50. The van der Waals surface area contributed by atoms with Gasteiger partial charge in [0.25, 0.3) is 0 Å². The molecule has 116 valence electrons. The van der Waals surface area contributed by atoms with Crippen molar-refractivity contribution in [3.8, 4) is 0 Å². The molecule has 0 spiro atoms. The molecule has 1 heterocycles. The van der Waals surface area contributed by atoms with Crippen molar-refractivity contribution in [2.45, 2.75) is 23.8 Å². The number of rotatable bonds is 4. The first kappa shape index (κ1) is 15.9. The van der Waals surface area contributed by atoms with E-state index >= 15 is 0 Å². The van der Waals surface area contributed by atoms with Gasteiger partial charge in [0.15, 0.2) is 0 Å². The molecule has 21 heavy (non-hydrogen) atoms. The molecule has 1 aromatic carbocycles. The van der Waals surface area contributed by atoms with Crippen LogP contribution < -0.4 is 4.72 Å². The van der Waals surface area contributed by atoms with Gasteiger partial charge in [-0.3, -0.25) is 0 Å². The molecule has 0 saturated carbocycles. The molecule has 0 amide bonds. The second-order valence-corrected chi connectivity index (χ2v) is 6.32. The lowest BCUT2D eigenvalue weighted by atomic mass is 10.1. The summed E-state index contributed by atoms with van der Waals surface area (Å²) in [7, 11) is -2.88. The molecule has 1 fully saturated rings. The van der Waals surface area contributed by atoms with E-state index < -0.39 is 26.7 Å². The van der Waals surface area contributed by atoms with E-state index in [9.17, 15) is 17.6 Å². The number of ether oxygens (including phenoxy) is 2. The number of methoxy groups -OCH3 is 1. The minimum Gasteiger partial charge on any atom is -0.465 e. The third-order valence-corrected chi connectivity index (χ3v) is 4.74. The maximum Gasteiger partial charge on any atom is 0.339 e. The Morgan fingerprint density at radius 1 is 1.38 bits per heavy atom. The van der Waals surface area contributed by atoms with Crippen molar-refractivity contribution >= 4 is 16.0 Å². The van der Waals surface area contributed by atoms with Crippen LogP contribution in [0.15, 0.2) is 23.1 Å². The number of esters is 1. The van der Waals surface area contributed by atoms with Crippen LogP contribution >= 0.6 is 0 Å². The highest BCUT2D eigenvalue weighted by atomic mass is 32.2. The molecule has 1 saturated heterocycles. The van der Waals surface area contributed by atoms with Gasteiger partial charge in [-0.1, -0.05) is 0 Å². The molecule has 0 radical (unpaired) electrons. The summed E-state index contributed by atoms with van der Waals surface area (Å²) in [6, 6.07) is 2.63. The molecule has 1 aliphatic heterocycles. The maximum atomic E-state index is 13.4. The molecule has 0 unspecified atom stereocenters. The largest absolute Gasteiger partial charge is 0.465 e. The number of benzene rings is 1. The standard InChI is InChI=1S/C13H16FNO5S/c1-19-13(16)11-3-2-9(14)8-12(11)21(17,18)15-10-4-6-20-7-5-10/h2-3,8,10,15H,4-7H2,1H3. The van der Waals surface area contributed by atoms with Crippen molar-refractivity contribution in [1.29, 1.82) is 0 Å². The minimum absolute atomic E-state index is 0.196. The van der Waals surface area contributed by atoms with Crippen LogP contribution in [0.2, 0.25) is 0 Å². The van der Waals surface area contributed by atoms with Gasteiger partial charge in [-0.15, -0.1) is 0 Å². The first-order valence-corrected chi connectivity index (χ1v) is 7.90. The van der Waals surface area contributed by atoms with Crippen LogP contribution in [0.1, 0.15) is 23.2 Å². The number of halogens is 1. The van der Waals surface area contributed by atoms with E-state index in [1.807, 2.05) is 0 Å². The molecular weight excluding hydrogens is 301 g/mol. The fourth-order valence-corrected chi connectivity index (χ4v) is 3.61. The van der Waals surface area contributed by atoms with Gasteiger partial charge in [-0.25, -0.2) is 22.3 Å². The highest BCUT2D eigenvalue weighted by Gasteiger charge is 2.27. The van der Waals surface area contributed by atoms with Gasteiger partial charge in [0.05, 0.1) is 17.6 Å². The Morgan fingerprint density at radius 2 is 2.05 bits per heavy atom. The Balaban J connectivity index is 2.33. The van der Waals surface area contributed by atoms with Gasteiger partial charge in [-0.05, 0) is 31.0 Å². The Bertz CT molecular complexity index is 625. The summed E-state index contributed by atoms with van der Waals surface area (Å²) in [6.07, 6.45) is 1.06. The smallest absolute Gasteiger partial charge is 0.339 e. The molecule has 1 aliphatic rings. The number of carbonyl (C=O) groups excluding carboxylic acids is 1. The monoisotopic (exact) mass is 317 g/mol. The third-order valence-electron chi connectivity index (χ3n) is 3.18. The number of hydrogen-bond donors (Lipinski definition) is 1. The fraction of sp³-hybridized carbons (Fsp3) is 0.462. The molecule has 0 atom stereocenters. The van der Waals surface area contributed by atoms with Crippen LogP contribution in [0.3, 0.4) is 0 Å². The van der Waals surface area contributed by atoms with E-state index in [1.165, 1.54) is 0 Å². The summed E-state index contributed by atoms with van der Waals surface area (Å²) < 4.78 is 50.2. The van der Waals surface area contributed by atoms with Gasteiger partial charge >= 0.3 is 5.97 Å². The number of sulfonamides is 1. The average Bonchev–Trinajstić information content (AvgIpc) is 2.47. The predicted octanol–water partition coefficient (Wildman–Crippen LogP) is 1.07. The van der Waals surface area contributed by atoms with Crippen LogP contribution in [-0.2, 0) is 19.5 Å². The quantitative estimate of drug-likeness (QED) is 0.840. The van der Waals surface area contributed by atoms with Crippen molar-refractivity contribution in [1.82, 2.24) is 4.72 Å². The van der Waals surface area contributed by atoms with E-state index in [-0.39, 0.29) is 11.6 Å². The van der Waals surface area contributed by atoms with E-state index in [1.54, 1.807) is 0 Å². The SMILES string of the molecule is COC(=O)c1ccc(F)cc1S(=O)(=O)NC1CCOCC1. The highest BCUT2D eigenvalue weighted by Crippen LogP contribution is 2.20. The minimum atomic E-state index is -4.01. The van der Waals surface area contributed by atoms with Crippen LogP contribution in [0.5, 0.6) is 0 Å². The summed E-state index contributed by atoms with van der Waals surface area (Å²) in [5, 5.41) is 0. The Labute approximate surface area is 122 Å².